The van der Waals surface area contributed by atoms with E-state index in [4.69, 9.17) is 8.83 Å². The lowest BCUT2D eigenvalue weighted by Crippen LogP contribution is -2.19. The van der Waals surface area contributed by atoms with Crippen molar-refractivity contribution >= 4 is 60.9 Å². The van der Waals surface area contributed by atoms with Gasteiger partial charge in [-0.2, -0.15) is 0 Å². The van der Waals surface area contributed by atoms with Crippen molar-refractivity contribution in [3.05, 3.63) is 207 Å². The molecular weight excluding hydrogens is 863 g/mol. The van der Waals surface area contributed by atoms with E-state index in [1.165, 1.54) is 139 Å². The lowest BCUT2D eigenvalue weighted by Gasteiger charge is -2.31. The molecule has 3 heteroatoms. The number of rotatable bonds is 3. The Kier molecular flexibility index (Phi) is 7.66. The van der Waals surface area contributed by atoms with Crippen LogP contribution < -0.4 is 4.90 Å². The molecule has 0 unspecified atom stereocenters. The van der Waals surface area contributed by atoms with Crippen LogP contribution in [0, 0.1) is 13.8 Å². The van der Waals surface area contributed by atoms with Crippen LogP contribution >= 0.6 is 0 Å². The zero-order chi connectivity index (χ0) is 48.4. The van der Waals surface area contributed by atoms with Crippen LogP contribution in [0.25, 0.3) is 88.4 Å². The zero-order valence-corrected chi connectivity index (χ0v) is 42.2. The van der Waals surface area contributed by atoms with Crippen LogP contribution in [0.4, 0.5) is 17.1 Å². The van der Waals surface area contributed by atoms with Gasteiger partial charge in [-0.15, -0.1) is 0 Å². The lowest BCUT2D eigenvalue weighted by atomic mass is 9.79. The molecule has 0 bridgehead atoms. The van der Waals surface area contributed by atoms with Crippen molar-refractivity contribution in [2.75, 3.05) is 4.90 Å². The number of aryl methyl sites for hydroxylation is 2. The van der Waals surface area contributed by atoms with E-state index < -0.39 is 0 Å². The summed E-state index contributed by atoms with van der Waals surface area (Å²) in [5, 5.41) is 4.83. The molecule has 2 aromatic heterocycles. The van der Waals surface area contributed by atoms with Crippen LogP contribution in [-0.4, -0.2) is 0 Å². The average Bonchev–Trinajstić information content (AvgIpc) is 4.14. The second-order valence-electron chi connectivity index (χ2n) is 23.4. The number of furan rings is 2. The standard InChI is InChI=1S/C68H55NO2/c1-36-19-26-56(37(2)29-36)69(38-20-22-40-44-32-54-46(34-52(44)67(7,8)50(40)30-38)61-48(65(54,3)4)24-27-59-63(61)42-15-11-13-17-57(42)70-59)39-21-23-41-45-33-55-47(35-53(45)68(9,10)51(41)31-39)62-49(66(55,5)6)25-28-60-64(62)43-16-12-14-18-58(43)71-60/h11-35H,1-10H3. The van der Waals surface area contributed by atoms with Gasteiger partial charge in [-0.3, -0.25) is 0 Å². The molecule has 71 heavy (non-hydrogen) atoms. The van der Waals surface area contributed by atoms with Gasteiger partial charge in [-0.05, 0) is 187 Å². The summed E-state index contributed by atoms with van der Waals surface area (Å²) in [6.45, 7) is 23.7. The van der Waals surface area contributed by atoms with E-state index >= 15 is 0 Å². The van der Waals surface area contributed by atoms with Gasteiger partial charge in [-0.25, -0.2) is 0 Å². The Hall–Kier alpha value is -7.62. The molecule has 0 radical (unpaired) electrons. The molecule has 0 amide bonds. The van der Waals surface area contributed by atoms with Crippen molar-refractivity contribution in [3.8, 4) is 44.5 Å². The summed E-state index contributed by atoms with van der Waals surface area (Å²) in [5.74, 6) is 0. The predicted molar refractivity (Wildman–Crippen MR) is 295 cm³/mol. The minimum Gasteiger partial charge on any atom is -0.456 e. The first kappa shape index (κ1) is 41.2. The maximum atomic E-state index is 6.47. The summed E-state index contributed by atoms with van der Waals surface area (Å²) in [6, 6.07) is 57.6. The zero-order valence-electron chi connectivity index (χ0n) is 42.2. The highest BCUT2D eigenvalue weighted by Gasteiger charge is 2.45. The van der Waals surface area contributed by atoms with Crippen LogP contribution in [-0.2, 0) is 21.7 Å². The molecule has 15 rings (SSSR count). The SMILES string of the molecule is Cc1ccc(N(c2ccc3c(c2)C(C)(C)c2cc4c(cc2-3)C(C)(C)c2ccc3oc5ccccc5c3c2-4)c2ccc3c(c2)C(C)(C)c2cc4c(cc2-3)C(C)(C)c2ccc3oc5ccccc5c3c2-4)c(C)c1. The van der Waals surface area contributed by atoms with Gasteiger partial charge in [0.15, 0.2) is 0 Å². The van der Waals surface area contributed by atoms with E-state index in [9.17, 15) is 0 Å². The second-order valence-corrected chi connectivity index (χ2v) is 23.4. The molecule has 0 spiro atoms. The fourth-order valence-corrected chi connectivity index (χ4v) is 14.3. The summed E-state index contributed by atoms with van der Waals surface area (Å²) in [7, 11) is 0. The molecule has 11 aromatic rings. The molecular formula is C68H55NO2. The molecule has 0 saturated heterocycles. The van der Waals surface area contributed by atoms with Gasteiger partial charge < -0.3 is 13.7 Å². The van der Waals surface area contributed by atoms with E-state index in [0.717, 1.165) is 22.3 Å². The normalized spacial score (nSPS) is 16.5. The van der Waals surface area contributed by atoms with E-state index in [-0.39, 0.29) is 21.7 Å². The Morgan fingerprint density at radius 2 is 0.746 bits per heavy atom. The number of fused-ring (bicyclic) bond motifs is 20. The Morgan fingerprint density at radius 1 is 0.338 bits per heavy atom. The molecule has 0 fully saturated rings. The van der Waals surface area contributed by atoms with Crippen molar-refractivity contribution in [1.82, 2.24) is 0 Å². The predicted octanol–water partition coefficient (Wildman–Crippen LogP) is 18.8. The third-order valence-electron chi connectivity index (χ3n) is 18.0. The Labute approximate surface area is 415 Å². The monoisotopic (exact) mass is 917 g/mol. The van der Waals surface area contributed by atoms with Crippen LogP contribution in [0.1, 0.15) is 111 Å². The number of hydrogen-bond donors (Lipinski definition) is 0. The van der Waals surface area contributed by atoms with Crippen molar-refractivity contribution < 1.29 is 8.83 Å². The van der Waals surface area contributed by atoms with E-state index in [2.05, 4.69) is 226 Å². The van der Waals surface area contributed by atoms with Crippen LogP contribution in [0.3, 0.4) is 0 Å². The molecule has 4 aliphatic rings. The number of nitrogens with zero attached hydrogens (tertiary/aromatic N) is 1. The Balaban J connectivity index is 0.873. The number of para-hydroxylation sites is 2. The highest BCUT2D eigenvalue weighted by atomic mass is 16.3. The Bertz CT molecular complexity index is 4010. The third kappa shape index (κ3) is 5.09. The van der Waals surface area contributed by atoms with Crippen LogP contribution in [0.15, 0.2) is 160 Å². The molecule has 0 N–H and O–H groups in total. The number of anilines is 3. The largest absolute Gasteiger partial charge is 0.456 e. The summed E-state index contributed by atoms with van der Waals surface area (Å²) in [5.41, 5.74) is 30.7. The fraction of sp³-hybridized carbons (Fsp3) is 0.206. The molecule has 0 atom stereocenters. The first-order valence-electron chi connectivity index (χ1n) is 25.5. The topological polar surface area (TPSA) is 29.5 Å². The molecule has 344 valence electrons. The quantitative estimate of drug-likeness (QED) is 0.177. The number of benzene rings is 9. The van der Waals surface area contributed by atoms with E-state index in [0.29, 0.717) is 0 Å². The van der Waals surface area contributed by atoms with Gasteiger partial charge in [0.1, 0.15) is 22.3 Å². The summed E-state index contributed by atoms with van der Waals surface area (Å²) < 4.78 is 12.9. The maximum Gasteiger partial charge on any atom is 0.136 e. The van der Waals surface area contributed by atoms with Crippen molar-refractivity contribution in [2.45, 2.75) is 90.9 Å². The van der Waals surface area contributed by atoms with Crippen LogP contribution in [0.2, 0.25) is 0 Å². The molecule has 0 saturated carbocycles. The summed E-state index contributed by atoms with van der Waals surface area (Å²) in [6.07, 6.45) is 0. The highest BCUT2D eigenvalue weighted by Crippen LogP contribution is 2.61. The molecule has 4 aliphatic carbocycles. The van der Waals surface area contributed by atoms with Gasteiger partial charge in [0.05, 0.1) is 0 Å². The minimum atomic E-state index is -0.244. The van der Waals surface area contributed by atoms with Crippen molar-refractivity contribution in [3.63, 3.8) is 0 Å². The summed E-state index contributed by atoms with van der Waals surface area (Å²) >= 11 is 0. The average molecular weight is 918 g/mol. The maximum absolute atomic E-state index is 6.47. The van der Waals surface area contributed by atoms with Gasteiger partial charge in [0.25, 0.3) is 0 Å². The first-order chi connectivity index (χ1) is 34.0. The molecule has 2 heterocycles. The van der Waals surface area contributed by atoms with E-state index in [1.54, 1.807) is 0 Å². The fourth-order valence-electron chi connectivity index (χ4n) is 14.3. The highest BCUT2D eigenvalue weighted by molar-refractivity contribution is 6.16. The van der Waals surface area contributed by atoms with Crippen LogP contribution in [0.5, 0.6) is 0 Å². The second kappa shape index (κ2) is 13.2. The molecule has 3 nitrogen and oxygen atoms in total. The van der Waals surface area contributed by atoms with Gasteiger partial charge in [0, 0.05) is 60.3 Å². The smallest absolute Gasteiger partial charge is 0.136 e. The van der Waals surface area contributed by atoms with Gasteiger partial charge >= 0.3 is 0 Å². The lowest BCUT2D eigenvalue weighted by molar-refractivity contribution is 0.650. The van der Waals surface area contributed by atoms with Gasteiger partial charge in [-0.1, -0.05) is 134 Å². The molecule has 9 aromatic carbocycles. The number of hydrogen-bond acceptors (Lipinski definition) is 3. The summed E-state index contributed by atoms with van der Waals surface area (Å²) in [4.78, 5) is 2.52. The van der Waals surface area contributed by atoms with Gasteiger partial charge in [0.2, 0.25) is 0 Å². The van der Waals surface area contributed by atoms with Crippen molar-refractivity contribution in [2.24, 2.45) is 0 Å². The minimum absolute atomic E-state index is 0.165. The Morgan fingerprint density at radius 3 is 1.21 bits per heavy atom. The first-order valence-corrected chi connectivity index (χ1v) is 25.5. The molecule has 0 aliphatic heterocycles. The van der Waals surface area contributed by atoms with Crippen molar-refractivity contribution in [1.29, 1.82) is 0 Å². The third-order valence-corrected chi connectivity index (χ3v) is 18.0. The van der Waals surface area contributed by atoms with E-state index in [1.807, 2.05) is 0 Å².